The van der Waals surface area contributed by atoms with E-state index in [1.165, 1.54) is 54.9 Å². The van der Waals surface area contributed by atoms with Crippen molar-refractivity contribution in [2.75, 3.05) is 6.67 Å². The number of nitrogens with zero attached hydrogens (tertiary/aromatic N) is 4. The van der Waals surface area contributed by atoms with Gasteiger partial charge in [-0.15, -0.1) is 0 Å². The Balaban J connectivity index is 1.53. The van der Waals surface area contributed by atoms with E-state index in [4.69, 9.17) is 4.74 Å². The number of benzene rings is 1. The maximum Gasteiger partial charge on any atom is 0.479 e. The quantitative estimate of drug-likeness (QED) is 0.551. The molecular formula is C19H13F5N4O. The summed E-state index contributed by atoms with van der Waals surface area (Å²) in [4.78, 5) is 7.47. The first-order valence-electron chi connectivity index (χ1n) is 8.40. The van der Waals surface area contributed by atoms with Crippen molar-refractivity contribution in [3.63, 3.8) is 0 Å². The topological polar surface area (TPSA) is 41.0 Å². The van der Waals surface area contributed by atoms with Crippen LogP contribution in [0.15, 0.2) is 72.1 Å². The smallest absolute Gasteiger partial charge is 0.429 e. The van der Waals surface area contributed by atoms with E-state index in [2.05, 4.69) is 9.98 Å². The molecule has 0 radical (unpaired) electrons. The second-order valence-electron chi connectivity index (χ2n) is 6.17. The molecule has 0 unspecified atom stereocenters. The Morgan fingerprint density at radius 1 is 0.966 bits per heavy atom. The van der Waals surface area contributed by atoms with Gasteiger partial charge in [-0.25, -0.2) is 4.99 Å². The fourth-order valence-corrected chi connectivity index (χ4v) is 2.84. The predicted octanol–water partition coefficient (Wildman–Crippen LogP) is 4.53. The highest BCUT2D eigenvalue weighted by atomic mass is 19.4. The molecule has 0 atom stereocenters. The molecular weight excluding hydrogens is 395 g/mol. The average Bonchev–Trinajstić information content (AvgIpc) is 3.13. The number of fused-ring (bicyclic) bond motifs is 1. The number of allylic oxidation sites excluding steroid dienone is 2. The predicted molar refractivity (Wildman–Crippen MR) is 94.4 cm³/mol. The van der Waals surface area contributed by atoms with Crippen molar-refractivity contribution in [2.45, 2.75) is 12.4 Å². The van der Waals surface area contributed by atoms with E-state index in [0.29, 0.717) is 11.1 Å². The maximum absolute atomic E-state index is 14.2. The Morgan fingerprint density at radius 3 is 2.38 bits per heavy atom. The number of amidine groups is 1. The molecule has 0 saturated heterocycles. The number of hydrogen-bond donors (Lipinski definition) is 0. The van der Waals surface area contributed by atoms with Crippen LogP contribution in [-0.4, -0.2) is 33.8 Å². The first-order valence-corrected chi connectivity index (χ1v) is 8.40. The summed E-state index contributed by atoms with van der Waals surface area (Å²) >= 11 is 0. The summed E-state index contributed by atoms with van der Waals surface area (Å²) in [7, 11) is 0. The molecule has 0 saturated carbocycles. The summed E-state index contributed by atoms with van der Waals surface area (Å²) in [6.45, 7) is -0.525. The van der Waals surface area contributed by atoms with Gasteiger partial charge in [0.15, 0.2) is 0 Å². The van der Waals surface area contributed by atoms with Gasteiger partial charge in [-0.1, -0.05) is 17.1 Å². The van der Waals surface area contributed by atoms with Crippen molar-refractivity contribution in [1.82, 2.24) is 15.0 Å². The maximum atomic E-state index is 14.2. The third-order valence-corrected chi connectivity index (χ3v) is 4.26. The Bertz CT molecular complexity index is 984. The van der Waals surface area contributed by atoms with Crippen LogP contribution in [0.3, 0.4) is 0 Å². The molecule has 3 heterocycles. The molecule has 0 N–H and O–H groups in total. The number of hydrogen-bond acceptors (Lipinski definition) is 5. The number of ether oxygens (including phenoxy) is 1. The average molecular weight is 408 g/mol. The largest absolute Gasteiger partial charge is 0.479 e. The highest BCUT2D eigenvalue weighted by Gasteiger charge is 2.45. The second kappa shape index (κ2) is 6.96. The number of alkyl halides is 5. The van der Waals surface area contributed by atoms with Gasteiger partial charge in [0.2, 0.25) is 0 Å². The number of pyridine rings is 1. The van der Waals surface area contributed by atoms with Crippen molar-refractivity contribution in [3.05, 3.63) is 78.3 Å². The minimum absolute atomic E-state index is 0.0941. The van der Waals surface area contributed by atoms with Gasteiger partial charge in [0.05, 0.1) is 5.56 Å². The molecule has 2 aliphatic heterocycles. The Hall–Kier alpha value is -3.27. The minimum atomic E-state index is -4.58. The van der Waals surface area contributed by atoms with Crippen molar-refractivity contribution in [1.29, 1.82) is 0 Å². The lowest BCUT2D eigenvalue weighted by atomic mass is 10.0. The summed E-state index contributed by atoms with van der Waals surface area (Å²) in [6.07, 6.45) is -1.41. The Labute approximate surface area is 162 Å². The van der Waals surface area contributed by atoms with E-state index in [1.807, 2.05) is 0 Å². The van der Waals surface area contributed by atoms with Crippen molar-refractivity contribution in [2.24, 2.45) is 4.99 Å². The standard InChI is InChI=1S/C19H13F5N4O/c20-18(21,15-2-1-9-25-10-15)29-16-6-3-13(4-7-16)14-5-8-17-26-12-28(19(22,23)24)27(17)11-14/h1-11H,12H2. The molecule has 150 valence electrons. The van der Waals surface area contributed by atoms with E-state index < -0.39 is 24.6 Å². The fourth-order valence-electron chi connectivity index (χ4n) is 2.84. The van der Waals surface area contributed by atoms with Crippen LogP contribution in [0.4, 0.5) is 22.0 Å². The Kier molecular flexibility index (Phi) is 4.58. The number of hydrazine groups is 1. The van der Waals surface area contributed by atoms with Gasteiger partial charge >= 0.3 is 12.4 Å². The lowest BCUT2D eigenvalue weighted by Gasteiger charge is -2.30. The highest BCUT2D eigenvalue weighted by molar-refractivity contribution is 6.00. The molecule has 2 aromatic rings. The molecule has 2 aliphatic rings. The van der Waals surface area contributed by atoms with Gasteiger partial charge in [-0.3, -0.25) is 9.99 Å². The lowest BCUT2D eigenvalue weighted by molar-refractivity contribution is -0.283. The SMILES string of the molecule is FC(F)(Oc1ccc(C2=CN3C(=NCN3C(F)(F)F)C=C2)cc1)c1cccnc1. The van der Waals surface area contributed by atoms with E-state index in [0.717, 1.165) is 11.2 Å². The van der Waals surface area contributed by atoms with E-state index in [1.54, 1.807) is 6.08 Å². The van der Waals surface area contributed by atoms with Gasteiger partial charge < -0.3 is 4.74 Å². The van der Waals surface area contributed by atoms with Crippen LogP contribution in [0.2, 0.25) is 0 Å². The molecule has 29 heavy (non-hydrogen) atoms. The molecule has 0 bridgehead atoms. The van der Waals surface area contributed by atoms with Gasteiger partial charge in [-0.05, 0) is 47.6 Å². The van der Waals surface area contributed by atoms with Crippen LogP contribution in [0.25, 0.3) is 5.57 Å². The molecule has 1 aromatic carbocycles. The van der Waals surface area contributed by atoms with Crippen LogP contribution >= 0.6 is 0 Å². The van der Waals surface area contributed by atoms with Crippen LogP contribution in [-0.2, 0) is 6.11 Å². The number of aromatic nitrogens is 1. The monoisotopic (exact) mass is 408 g/mol. The van der Waals surface area contributed by atoms with Crippen LogP contribution in [0.1, 0.15) is 11.1 Å². The summed E-state index contributed by atoms with van der Waals surface area (Å²) in [5.74, 6) is 0.0745. The van der Waals surface area contributed by atoms with Crippen molar-refractivity contribution in [3.8, 4) is 5.75 Å². The van der Waals surface area contributed by atoms with Crippen LogP contribution < -0.4 is 4.74 Å². The molecule has 1 aromatic heterocycles. The normalized spacial score (nSPS) is 17.1. The first-order chi connectivity index (χ1) is 13.7. The van der Waals surface area contributed by atoms with Crippen molar-refractivity contribution >= 4 is 11.4 Å². The highest BCUT2D eigenvalue weighted by Crippen LogP contribution is 2.34. The van der Waals surface area contributed by atoms with Gasteiger partial charge in [0.25, 0.3) is 0 Å². The summed E-state index contributed by atoms with van der Waals surface area (Å²) in [6, 6.07) is 8.19. The number of rotatable bonds is 4. The molecule has 4 rings (SSSR count). The van der Waals surface area contributed by atoms with Crippen molar-refractivity contribution < 1.29 is 26.7 Å². The zero-order valence-electron chi connectivity index (χ0n) is 14.6. The first kappa shape index (κ1) is 19.1. The van der Waals surface area contributed by atoms with Gasteiger partial charge in [-0.2, -0.15) is 22.0 Å². The molecule has 10 heteroatoms. The fraction of sp³-hybridized carbons (Fsp3) is 0.158. The Morgan fingerprint density at radius 2 is 1.72 bits per heavy atom. The zero-order chi connectivity index (χ0) is 20.6. The molecule has 0 fully saturated rings. The third kappa shape index (κ3) is 3.83. The number of halogens is 5. The molecule has 5 nitrogen and oxygen atoms in total. The zero-order valence-corrected chi connectivity index (χ0v) is 14.6. The van der Waals surface area contributed by atoms with Gasteiger partial charge in [0, 0.05) is 18.6 Å². The van der Waals surface area contributed by atoms with E-state index >= 15 is 0 Å². The lowest BCUT2D eigenvalue weighted by Crippen LogP contribution is -2.46. The molecule has 0 aliphatic carbocycles. The third-order valence-electron chi connectivity index (χ3n) is 4.26. The van der Waals surface area contributed by atoms with Gasteiger partial charge in [0.1, 0.15) is 18.3 Å². The van der Waals surface area contributed by atoms with E-state index in [9.17, 15) is 22.0 Å². The summed E-state index contributed by atoms with van der Waals surface area (Å²) in [5, 5.41) is 1.08. The molecule has 0 spiro atoms. The van der Waals surface area contributed by atoms with Crippen LogP contribution in [0, 0.1) is 0 Å². The number of aliphatic imine (C=N–C) groups is 1. The summed E-state index contributed by atoms with van der Waals surface area (Å²) in [5.41, 5.74) is 0.604. The van der Waals surface area contributed by atoms with Crippen LogP contribution in [0.5, 0.6) is 5.75 Å². The minimum Gasteiger partial charge on any atom is -0.429 e. The second-order valence-corrected chi connectivity index (χ2v) is 6.17. The summed E-state index contributed by atoms with van der Waals surface area (Å²) < 4.78 is 72.4. The molecule has 0 amide bonds. The van der Waals surface area contributed by atoms with E-state index in [-0.39, 0.29) is 16.6 Å².